The molecule has 30 heavy (non-hydrogen) atoms. The largest absolute Gasteiger partial charge is 0.493 e. The monoisotopic (exact) mass is 496 g/mol. The highest BCUT2D eigenvalue weighted by molar-refractivity contribution is 9.10. The first-order valence-electron chi connectivity index (χ1n) is 9.78. The molecule has 0 radical (unpaired) electrons. The number of carbonyl (C=O) groups excluding carboxylic acids is 1. The first-order chi connectivity index (χ1) is 14.3. The molecule has 0 aromatic heterocycles. The zero-order chi connectivity index (χ0) is 21.7. The van der Waals surface area contributed by atoms with E-state index in [1.807, 2.05) is 13.8 Å². The third-order valence-corrected chi connectivity index (χ3v) is 6.77. The fraction of sp³-hybridized carbons (Fsp3) is 0.381. The zero-order valence-corrected chi connectivity index (χ0v) is 19.3. The van der Waals surface area contributed by atoms with Gasteiger partial charge in [0.2, 0.25) is 0 Å². The van der Waals surface area contributed by atoms with Crippen LogP contribution in [-0.2, 0) is 14.8 Å². The van der Waals surface area contributed by atoms with Crippen molar-refractivity contribution in [2.24, 2.45) is 0 Å². The Kier molecular flexibility index (Phi) is 7.38. The lowest BCUT2D eigenvalue weighted by Crippen LogP contribution is -2.40. The maximum atomic E-state index is 12.8. The summed E-state index contributed by atoms with van der Waals surface area (Å²) in [5.74, 6) is 0.290. The molecule has 1 aliphatic rings. The molecule has 0 bridgehead atoms. The predicted molar refractivity (Wildman–Crippen MR) is 118 cm³/mol. The van der Waals surface area contributed by atoms with Crippen molar-refractivity contribution in [3.63, 3.8) is 0 Å². The number of amides is 1. The highest BCUT2D eigenvalue weighted by atomic mass is 79.9. The van der Waals surface area contributed by atoms with Gasteiger partial charge in [0.1, 0.15) is 5.75 Å². The van der Waals surface area contributed by atoms with E-state index >= 15 is 0 Å². The van der Waals surface area contributed by atoms with Crippen LogP contribution < -0.4 is 14.8 Å². The normalized spacial score (nSPS) is 17.4. The number of hydrogen-bond donors (Lipinski definition) is 2. The van der Waals surface area contributed by atoms with Crippen LogP contribution in [-0.4, -0.2) is 39.7 Å². The zero-order valence-electron chi connectivity index (χ0n) is 16.9. The molecule has 1 aliphatic heterocycles. The van der Waals surface area contributed by atoms with Gasteiger partial charge in [-0.25, -0.2) is 8.42 Å². The van der Waals surface area contributed by atoms with Gasteiger partial charge in [-0.2, -0.15) is 0 Å². The van der Waals surface area contributed by atoms with Crippen molar-refractivity contribution in [1.29, 1.82) is 0 Å². The van der Waals surface area contributed by atoms with Gasteiger partial charge in [-0.05, 0) is 79.0 Å². The molecule has 2 unspecified atom stereocenters. The molecule has 0 saturated carbocycles. The average Bonchev–Trinajstić information content (AvgIpc) is 3.25. The van der Waals surface area contributed by atoms with E-state index in [9.17, 15) is 13.2 Å². The summed E-state index contributed by atoms with van der Waals surface area (Å²) in [5, 5.41) is 2.89. The smallest absolute Gasteiger partial charge is 0.261 e. The molecule has 0 aliphatic carbocycles. The Morgan fingerprint density at radius 3 is 2.77 bits per heavy atom. The van der Waals surface area contributed by atoms with E-state index in [0.29, 0.717) is 29.1 Å². The van der Waals surface area contributed by atoms with E-state index < -0.39 is 10.0 Å². The maximum Gasteiger partial charge on any atom is 0.261 e. The first kappa shape index (κ1) is 22.6. The minimum atomic E-state index is -3.87. The molecule has 7 nitrogen and oxygen atoms in total. The van der Waals surface area contributed by atoms with E-state index in [1.165, 1.54) is 12.1 Å². The summed E-state index contributed by atoms with van der Waals surface area (Å²) in [6.45, 7) is 4.96. The van der Waals surface area contributed by atoms with Gasteiger partial charge in [-0.15, -0.1) is 0 Å². The second-order valence-corrected chi connectivity index (χ2v) is 9.56. The van der Waals surface area contributed by atoms with Gasteiger partial charge in [0.05, 0.1) is 33.8 Å². The molecule has 2 N–H and O–H groups in total. The Morgan fingerprint density at radius 1 is 1.30 bits per heavy atom. The van der Waals surface area contributed by atoms with Gasteiger partial charge >= 0.3 is 0 Å². The highest BCUT2D eigenvalue weighted by Crippen LogP contribution is 2.29. The highest BCUT2D eigenvalue weighted by Gasteiger charge is 2.24. The van der Waals surface area contributed by atoms with Crippen molar-refractivity contribution in [3.8, 4) is 5.75 Å². The summed E-state index contributed by atoms with van der Waals surface area (Å²) < 4.78 is 39.8. The minimum Gasteiger partial charge on any atom is -0.493 e. The van der Waals surface area contributed by atoms with Crippen LogP contribution in [0.4, 0.5) is 5.69 Å². The van der Waals surface area contributed by atoms with E-state index in [1.54, 1.807) is 30.3 Å². The van der Waals surface area contributed by atoms with Gasteiger partial charge in [-0.1, -0.05) is 6.07 Å². The Bertz CT molecular complexity index is 1010. The quantitative estimate of drug-likeness (QED) is 0.576. The molecule has 2 aromatic rings. The summed E-state index contributed by atoms with van der Waals surface area (Å²) in [6, 6.07) is 10.7. The molecule has 1 amide bonds. The molecule has 1 saturated heterocycles. The summed E-state index contributed by atoms with van der Waals surface area (Å²) in [7, 11) is -3.87. The Hall–Kier alpha value is -2.10. The van der Waals surface area contributed by atoms with Crippen LogP contribution >= 0.6 is 15.9 Å². The van der Waals surface area contributed by atoms with Crippen LogP contribution in [0.1, 0.15) is 37.0 Å². The van der Waals surface area contributed by atoms with Gasteiger partial charge in [0.15, 0.2) is 0 Å². The Labute approximate surface area is 185 Å². The topological polar surface area (TPSA) is 93.7 Å². The van der Waals surface area contributed by atoms with Gasteiger partial charge in [-0.3, -0.25) is 9.52 Å². The molecule has 0 spiro atoms. The average molecular weight is 497 g/mol. The van der Waals surface area contributed by atoms with Crippen LogP contribution in [0.15, 0.2) is 51.8 Å². The third-order valence-electron chi connectivity index (χ3n) is 4.77. The SMILES string of the molecule is CCOc1ccc(NS(=O)(=O)c2cccc(C(=O)NC(C)C3CCCO3)c2)cc1Br. The number of benzene rings is 2. The molecule has 1 fully saturated rings. The van der Waals surface area contributed by atoms with Crippen LogP contribution in [0, 0.1) is 0 Å². The summed E-state index contributed by atoms with van der Waals surface area (Å²) >= 11 is 3.37. The van der Waals surface area contributed by atoms with Crippen molar-refractivity contribution in [2.45, 2.75) is 43.7 Å². The predicted octanol–water partition coefficient (Wildman–Crippen LogP) is 3.95. The maximum absolute atomic E-state index is 12.8. The van der Waals surface area contributed by atoms with Crippen LogP contribution in [0.25, 0.3) is 0 Å². The fourth-order valence-corrected chi connectivity index (χ4v) is 4.82. The molecular formula is C21H25BrN2O5S. The van der Waals surface area contributed by atoms with Crippen LogP contribution in [0.2, 0.25) is 0 Å². The number of rotatable bonds is 8. The van der Waals surface area contributed by atoms with Crippen molar-refractivity contribution in [2.75, 3.05) is 17.9 Å². The lowest BCUT2D eigenvalue weighted by molar-refractivity contribution is 0.0712. The molecule has 3 rings (SSSR count). The summed E-state index contributed by atoms with van der Waals surface area (Å²) in [6.07, 6.45) is 1.87. The van der Waals surface area contributed by atoms with E-state index in [-0.39, 0.29) is 28.5 Å². The molecular weight excluding hydrogens is 472 g/mol. The van der Waals surface area contributed by atoms with Crippen LogP contribution in [0.3, 0.4) is 0 Å². The van der Waals surface area contributed by atoms with Gasteiger partial charge in [0, 0.05) is 12.2 Å². The van der Waals surface area contributed by atoms with Crippen LogP contribution in [0.5, 0.6) is 5.75 Å². The van der Waals surface area contributed by atoms with Crippen molar-refractivity contribution < 1.29 is 22.7 Å². The number of nitrogens with one attached hydrogen (secondary N) is 2. The van der Waals surface area contributed by atoms with Gasteiger partial charge < -0.3 is 14.8 Å². The lowest BCUT2D eigenvalue weighted by atomic mass is 10.1. The second kappa shape index (κ2) is 9.80. The summed E-state index contributed by atoms with van der Waals surface area (Å²) in [4.78, 5) is 12.6. The number of halogens is 1. The van der Waals surface area contributed by atoms with E-state index in [0.717, 1.165) is 12.8 Å². The Morgan fingerprint density at radius 2 is 2.10 bits per heavy atom. The fourth-order valence-electron chi connectivity index (χ4n) is 3.24. The minimum absolute atomic E-state index is 0.00456. The Balaban J connectivity index is 1.73. The first-order valence-corrected chi connectivity index (χ1v) is 12.1. The molecule has 162 valence electrons. The molecule has 2 aromatic carbocycles. The summed E-state index contributed by atoms with van der Waals surface area (Å²) in [5.41, 5.74) is 0.655. The van der Waals surface area contributed by atoms with E-state index in [4.69, 9.17) is 9.47 Å². The van der Waals surface area contributed by atoms with Crippen molar-refractivity contribution in [1.82, 2.24) is 5.32 Å². The molecule has 1 heterocycles. The van der Waals surface area contributed by atoms with Crippen molar-refractivity contribution >= 4 is 37.5 Å². The van der Waals surface area contributed by atoms with Gasteiger partial charge in [0.25, 0.3) is 15.9 Å². The number of ether oxygens (including phenoxy) is 2. The molecule has 2 atom stereocenters. The lowest BCUT2D eigenvalue weighted by Gasteiger charge is -2.20. The molecule has 9 heteroatoms. The second-order valence-electron chi connectivity index (χ2n) is 7.03. The van der Waals surface area contributed by atoms with E-state index in [2.05, 4.69) is 26.0 Å². The standard InChI is InChI=1S/C21H25BrN2O5S/c1-3-28-20-10-9-16(13-18(20)22)24-30(26,27)17-7-4-6-15(12-17)21(25)23-14(2)19-8-5-11-29-19/h4,6-7,9-10,12-14,19,24H,3,5,8,11H2,1-2H3,(H,23,25). The van der Waals surface area contributed by atoms with Crippen molar-refractivity contribution in [3.05, 3.63) is 52.5 Å². The number of anilines is 1. The number of hydrogen-bond acceptors (Lipinski definition) is 5. The number of sulfonamides is 1. The number of carbonyl (C=O) groups is 1. The third kappa shape index (κ3) is 5.53.